The Hall–Kier alpha value is -0.610. The molecule has 4 nitrogen and oxygen atoms in total. The highest BCUT2D eigenvalue weighted by Gasteiger charge is 2.17. The lowest BCUT2D eigenvalue weighted by molar-refractivity contribution is -0.121. The Morgan fingerprint density at radius 3 is 2.69 bits per heavy atom. The summed E-state index contributed by atoms with van der Waals surface area (Å²) in [6, 6.07) is -0.339. The predicted molar refractivity (Wildman–Crippen MR) is 64.1 cm³/mol. The lowest BCUT2D eigenvalue weighted by Crippen LogP contribution is -2.44. The summed E-state index contributed by atoms with van der Waals surface area (Å²) in [5.74, 6) is 0.356. The van der Waals surface area contributed by atoms with Crippen molar-refractivity contribution < 1.29 is 9.53 Å². The van der Waals surface area contributed by atoms with E-state index in [-0.39, 0.29) is 11.9 Å². The van der Waals surface area contributed by atoms with Gasteiger partial charge in [0.05, 0.1) is 6.61 Å². The van der Waals surface area contributed by atoms with Gasteiger partial charge in [0.25, 0.3) is 0 Å². The lowest BCUT2D eigenvalue weighted by Gasteiger charge is -2.22. The number of rotatable bonds is 7. The SMILES string of the molecule is CCNC(COCC1CCCCC1)C(N)=O. The van der Waals surface area contributed by atoms with Crippen LogP contribution in [0.5, 0.6) is 0 Å². The highest BCUT2D eigenvalue weighted by molar-refractivity contribution is 5.79. The van der Waals surface area contributed by atoms with E-state index in [0.717, 1.165) is 13.2 Å². The molecule has 0 spiro atoms. The van der Waals surface area contributed by atoms with E-state index in [9.17, 15) is 4.79 Å². The largest absolute Gasteiger partial charge is 0.379 e. The molecule has 0 bridgehead atoms. The molecule has 1 rings (SSSR count). The maximum absolute atomic E-state index is 11.1. The Morgan fingerprint density at radius 1 is 1.44 bits per heavy atom. The van der Waals surface area contributed by atoms with Crippen LogP contribution in [0.2, 0.25) is 0 Å². The summed E-state index contributed by atoms with van der Waals surface area (Å²) in [6.45, 7) is 3.87. The van der Waals surface area contributed by atoms with Gasteiger partial charge in [0.2, 0.25) is 5.91 Å². The molecule has 1 aliphatic carbocycles. The molecule has 0 aliphatic heterocycles. The van der Waals surface area contributed by atoms with Crippen molar-refractivity contribution in [1.29, 1.82) is 0 Å². The average molecular weight is 228 g/mol. The maximum Gasteiger partial charge on any atom is 0.236 e. The van der Waals surface area contributed by atoms with Crippen molar-refractivity contribution in [3.63, 3.8) is 0 Å². The van der Waals surface area contributed by atoms with E-state index < -0.39 is 0 Å². The Balaban J connectivity index is 2.13. The van der Waals surface area contributed by atoms with E-state index in [2.05, 4.69) is 5.32 Å². The van der Waals surface area contributed by atoms with Crippen LogP contribution in [0.4, 0.5) is 0 Å². The molecule has 0 saturated heterocycles. The molecule has 1 fully saturated rings. The highest BCUT2D eigenvalue weighted by Crippen LogP contribution is 2.23. The predicted octanol–water partition coefficient (Wildman–Crippen LogP) is 1.05. The molecule has 94 valence electrons. The second-order valence-corrected chi connectivity index (χ2v) is 4.55. The fourth-order valence-electron chi connectivity index (χ4n) is 2.19. The topological polar surface area (TPSA) is 64.3 Å². The molecule has 0 radical (unpaired) electrons. The van der Waals surface area contributed by atoms with Crippen LogP contribution in [-0.4, -0.2) is 31.7 Å². The van der Waals surface area contributed by atoms with Crippen LogP contribution < -0.4 is 11.1 Å². The molecule has 0 aromatic rings. The molecule has 1 saturated carbocycles. The zero-order valence-corrected chi connectivity index (χ0v) is 10.2. The Kier molecular flexibility index (Phi) is 6.42. The normalized spacial score (nSPS) is 19.6. The maximum atomic E-state index is 11.1. The van der Waals surface area contributed by atoms with Crippen LogP contribution >= 0.6 is 0 Å². The van der Waals surface area contributed by atoms with Gasteiger partial charge in [-0.3, -0.25) is 4.79 Å². The first kappa shape index (κ1) is 13.5. The van der Waals surface area contributed by atoms with Gasteiger partial charge in [0, 0.05) is 6.61 Å². The van der Waals surface area contributed by atoms with Gasteiger partial charge >= 0.3 is 0 Å². The van der Waals surface area contributed by atoms with E-state index in [4.69, 9.17) is 10.5 Å². The summed E-state index contributed by atoms with van der Waals surface area (Å²) in [5, 5.41) is 3.02. The molecule has 1 amide bonds. The number of likely N-dealkylation sites (N-methyl/N-ethyl adjacent to an activating group) is 1. The number of hydrogen-bond acceptors (Lipinski definition) is 3. The second kappa shape index (κ2) is 7.63. The van der Waals surface area contributed by atoms with Crippen molar-refractivity contribution in [2.45, 2.75) is 45.1 Å². The third kappa shape index (κ3) is 4.94. The van der Waals surface area contributed by atoms with Crippen molar-refractivity contribution in [1.82, 2.24) is 5.32 Å². The smallest absolute Gasteiger partial charge is 0.236 e. The average Bonchev–Trinajstić information content (AvgIpc) is 2.29. The minimum atomic E-state index is -0.339. The molecule has 0 heterocycles. The zero-order chi connectivity index (χ0) is 11.8. The van der Waals surface area contributed by atoms with Crippen LogP contribution in [0.15, 0.2) is 0 Å². The number of nitrogens with one attached hydrogen (secondary N) is 1. The van der Waals surface area contributed by atoms with Gasteiger partial charge < -0.3 is 15.8 Å². The Labute approximate surface area is 97.9 Å². The molecular formula is C12H24N2O2. The molecule has 3 N–H and O–H groups in total. The first-order valence-electron chi connectivity index (χ1n) is 6.34. The van der Waals surface area contributed by atoms with Crippen molar-refractivity contribution in [3.8, 4) is 0 Å². The van der Waals surface area contributed by atoms with E-state index in [1.165, 1.54) is 32.1 Å². The molecule has 1 unspecified atom stereocenters. The molecular weight excluding hydrogens is 204 g/mol. The van der Waals surface area contributed by atoms with Crippen molar-refractivity contribution in [3.05, 3.63) is 0 Å². The number of primary amides is 1. The number of nitrogens with two attached hydrogens (primary N) is 1. The summed E-state index contributed by atoms with van der Waals surface area (Å²) in [6.07, 6.45) is 6.53. The lowest BCUT2D eigenvalue weighted by atomic mass is 9.90. The zero-order valence-electron chi connectivity index (χ0n) is 10.2. The van der Waals surface area contributed by atoms with Crippen LogP contribution in [0.25, 0.3) is 0 Å². The quantitative estimate of drug-likeness (QED) is 0.684. The van der Waals surface area contributed by atoms with Crippen LogP contribution in [0, 0.1) is 5.92 Å². The summed E-state index contributed by atoms with van der Waals surface area (Å²) in [7, 11) is 0. The second-order valence-electron chi connectivity index (χ2n) is 4.55. The summed E-state index contributed by atoms with van der Waals surface area (Å²) in [5.41, 5.74) is 5.26. The summed E-state index contributed by atoms with van der Waals surface area (Å²) >= 11 is 0. The Morgan fingerprint density at radius 2 is 2.12 bits per heavy atom. The van der Waals surface area contributed by atoms with Crippen LogP contribution in [-0.2, 0) is 9.53 Å². The van der Waals surface area contributed by atoms with E-state index in [1.54, 1.807) is 0 Å². The van der Waals surface area contributed by atoms with E-state index in [1.807, 2.05) is 6.92 Å². The van der Waals surface area contributed by atoms with Crippen LogP contribution in [0.1, 0.15) is 39.0 Å². The number of ether oxygens (including phenoxy) is 1. The third-order valence-corrected chi connectivity index (χ3v) is 3.16. The minimum absolute atomic E-state index is 0.328. The van der Waals surface area contributed by atoms with Crippen molar-refractivity contribution in [2.24, 2.45) is 11.7 Å². The van der Waals surface area contributed by atoms with Crippen molar-refractivity contribution >= 4 is 5.91 Å². The van der Waals surface area contributed by atoms with Gasteiger partial charge in [-0.05, 0) is 25.3 Å². The Bertz CT molecular complexity index is 203. The van der Waals surface area contributed by atoms with Gasteiger partial charge in [0.1, 0.15) is 6.04 Å². The van der Waals surface area contributed by atoms with Gasteiger partial charge in [-0.25, -0.2) is 0 Å². The summed E-state index contributed by atoms with van der Waals surface area (Å²) < 4.78 is 5.59. The number of amides is 1. The first-order valence-corrected chi connectivity index (χ1v) is 6.34. The van der Waals surface area contributed by atoms with Gasteiger partial charge in [-0.2, -0.15) is 0 Å². The van der Waals surface area contributed by atoms with Gasteiger partial charge in [-0.15, -0.1) is 0 Å². The first-order chi connectivity index (χ1) is 7.74. The molecule has 0 aromatic heterocycles. The number of carbonyl (C=O) groups excluding carboxylic acids is 1. The summed E-state index contributed by atoms with van der Waals surface area (Å²) in [4.78, 5) is 11.1. The fourth-order valence-corrected chi connectivity index (χ4v) is 2.19. The van der Waals surface area contributed by atoms with E-state index in [0.29, 0.717) is 12.5 Å². The fraction of sp³-hybridized carbons (Fsp3) is 0.917. The van der Waals surface area contributed by atoms with Gasteiger partial charge in [-0.1, -0.05) is 26.2 Å². The minimum Gasteiger partial charge on any atom is -0.379 e. The van der Waals surface area contributed by atoms with Gasteiger partial charge in [0.15, 0.2) is 0 Å². The van der Waals surface area contributed by atoms with Crippen molar-refractivity contribution in [2.75, 3.05) is 19.8 Å². The molecule has 4 heteroatoms. The standard InChI is InChI=1S/C12H24N2O2/c1-2-14-11(12(13)15)9-16-8-10-6-4-3-5-7-10/h10-11,14H,2-9H2,1H3,(H2,13,15). The number of carbonyl (C=O) groups is 1. The molecule has 1 atom stereocenters. The van der Waals surface area contributed by atoms with Crippen LogP contribution in [0.3, 0.4) is 0 Å². The third-order valence-electron chi connectivity index (χ3n) is 3.16. The monoisotopic (exact) mass is 228 g/mol. The van der Waals surface area contributed by atoms with E-state index >= 15 is 0 Å². The molecule has 1 aliphatic rings. The molecule has 0 aromatic carbocycles. The molecule has 16 heavy (non-hydrogen) atoms. The number of hydrogen-bond donors (Lipinski definition) is 2. The highest BCUT2D eigenvalue weighted by atomic mass is 16.5.